The van der Waals surface area contributed by atoms with Crippen LogP contribution in [0.5, 0.6) is 5.75 Å². The summed E-state index contributed by atoms with van der Waals surface area (Å²) in [7, 11) is 0. The van der Waals surface area contributed by atoms with Crippen LogP contribution in [0.15, 0.2) is 66.7 Å². The highest BCUT2D eigenvalue weighted by Crippen LogP contribution is 2.26. The number of nitrogens with one attached hydrogen (secondary N) is 1. The minimum atomic E-state index is -0.759. The Morgan fingerprint density at radius 3 is 2.60 bits per heavy atom. The molecule has 3 aromatic rings. The number of fused-ring (bicyclic) bond motifs is 1. The van der Waals surface area contributed by atoms with Crippen LogP contribution in [0, 0.1) is 10.1 Å². The fraction of sp³-hybridized carbons (Fsp3) is 0.105. The van der Waals surface area contributed by atoms with Crippen molar-refractivity contribution in [3.8, 4) is 5.75 Å². The number of carbonyl (C=O) groups excluding carboxylic acids is 1. The molecule has 3 aromatic carbocycles. The number of anilines is 1. The van der Waals surface area contributed by atoms with Gasteiger partial charge in [-0.1, -0.05) is 42.5 Å². The first kappa shape index (κ1) is 16.4. The van der Waals surface area contributed by atoms with E-state index in [1.165, 1.54) is 18.2 Å². The highest BCUT2D eigenvalue weighted by atomic mass is 16.6. The standard InChI is InChI=1S/C19H16N2O4/c1-13(19(22)20-15-8-5-9-16(12-15)21(23)24)25-18-11-4-7-14-6-2-3-10-17(14)18/h2-13H,1H3,(H,20,22)/t13-/m1/s1. The summed E-state index contributed by atoms with van der Waals surface area (Å²) in [5.74, 6) is 0.230. The molecule has 126 valence electrons. The number of nitro benzene ring substituents is 1. The molecule has 0 aliphatic heterocycles. The van der Waals surface area contributed by atoms with E-state index in [0.29, 0.717) is 11.4 Å². The van der Waals surface area contributed by atoms with Gasteiger partial charge in [-0.2, -0.15) is 0 Å². The first-order chi connectivity index (χ1) is 12.0. The van der Waals surface area contributed by atoms with Crippen LogP contribution in [0.2, 0.25) is 0 Å². The predicted molar refractivity (Wildman–Crippen MR) is 95.8 cm³/mol. The van der Waals surface area contributed by atoms with E-state index in [0.717, 1.165) is 10.8 Å². The largest absolute Gasteiger partial charge is 0.480 e. The molecule has 0 radical (unpaired) electrons. The summed E-state index contributed by atoms with van der Waals surface area (Å²) >= 11 is 0. The molecule has 0 spiro atoms. The van der Waals surface area contributed by atoms with Crippen molar-refractivity contribution in [1.29, 1.82) is 0 Å². The zero-order valence-corrected chi connectivity index (χ0v) is 13.5. The van der Waals surface area contributed by atoms with Gasteiger partial charge in [-0.3, -0.25) is 14.9 Å². The van der Waals surface area contributed by atoms with Crippen molar-refractivity contribution in [2.24, 2.45) is 0 Å². The molecule has 6 heteroatoms. The molecule has 1 atom stereocenters. The number of non-ortho nitro benzene ring substituents is 1. The second kappa shape index (κ2) is 7.00. The monoisotopic (exact) mass is 336 g/mol. The number of ether oxygens (including phenoxy) is 1. The number of amides is 1. The Morgan fingerprint density at radius 2 is 1.80 bits per heavy atom. The van der Waals surface area contributed by atoms with Crippen LogP contribution in [0.25, 0.3) is 10.8 Å². The molecular formula is C19H16N2O4. The van der Waals surface area contributed by atoms with Crippen molar-refractivity contribution in [1.82, 2.24) is 0 Å². The summed E-state index contributed by atoms with van der Waals surface area (Å²) < 4.78 is 5.79. The van der Waals surface area contributed by atoms with Crippen LogP contribution in [0.3, 0.4) is 0 Å². The van der Waals surface area contributed by atoms with Gasteiger partial charge in [0, 0.05) is 23.2 Å². The Morgan fingerprint density at radius 1 is 1.08 bits per heavy atom. The van der Waals surface area contributed by atoms with Crippen LogP contribution in [0.4, 0.5) is 11.4 Å². The lowest BCUT2D eigenvalue weighted by Crippen LogP contribution is -2.30. The van der Waals surface area contributed by atoms with E-state index in [1.54, 1.807) is 19.1 Å². The number of hydrogen-bond donors (Lipinski definition) is 1. The Labute approximate surface area is 144 Å². The summed E-state index contributed by atoms with van der Waals surface area (Å²) in [6.07, 6.45) is -0.759. The van der Waals surface area contributed by atoms with Crippen LogP contribution in [0.1, 0.15) is 6.92 Å². The van der Waals surface area contributed by atoms with Gasteiger partial charge in [-0.05, 0) is 24.4 Å². The Bertz CT molecular complexity index is 934. The molecule has 0 fully saturated rings. The third kappa shape index (κ3) is 3.74. The predicted octanol–water partition coefficient (Wildman–Crippen LogP) is 4.15. The van der Waals surface area contributed by atoms with Gasteiger partial charge in [0.05, 0.1) is 4.92 Å². The molecule has 3 rings (SSSR count). The maximum atomic E-state index is 12.3. The SMILES string of the molecule is C[C@@H](Oc1cccc2ccccc12)C(=O)Nc1cccc([N+](=O)[O-])c1. The molecule has 6 nitrogen and oxygen atoms in total. The van der Waals surface area contributed by atoms with E-state index >= 15 is 0 Å². The van der Waals surface area contributed by atoms with E-state index in [9.17, 15) is 14.9 Å². The van der Waals surface area contributed by atoms with Gasteiger partial charge < -0.3 is 10.1 Å². The van der Waals surface area contributed by atoms with Gasteiger partial charge in [0.25, 0.3) is 11.6 Å². The number of benzene rings is 3. The zero-order valence-electron chi connectivity index (χ0n) is 13.5. The molecule has 0 aromatic heterocycles. The molecule has 0 aliphatic rings. The normalized spacial score (nSPS) is 11.7. The topological polar surface area (TPSA) is 81.5 Å². The van der Waals surface area contributed by atoms with Crippen molar-refractivity contribution < 1.29 is 14.5 Å². The van der Waals surface area contributed by atoms with Crippen molar-refractivity contribution in [3.63, 3.8) is 0 Å². The Hall–Kier alpha value is -3.41. The Kier molecular flexibility index (Phi) is 4.61. The number of nitro groups is 1. The molecular weight excluding hydrogens is 320 g/mol. The van der Waals surface area contributed by atoms with Gasteiger partial charge in [0.15, 0.2) is 6.10 Å². The number of nitrogens with zero attached hydrogens (tertiary/aromatic N) is 1. The first-order valence-corrected chi connectivity index (χ1v) is 7.74. The lowest BCUT2D eigenvalue weighted by molar-refractivity contribution is -0.384. The van der Waals surface area contributed by atoms with Crippen molar-refractivity contribution in [3.05, 3.63) is 76.8 Å². The van der Waals surface area contributed by atoms with Gasteiger partial charge in [0.2, 0.25) is 0 Å². The average molecular weight is 336 g/mol. The van der Waals surface area contributed by atoms with Gasteiger partial charge in [-0.25, -0.2) is 0 Å². The molecule has 0 heterocycles. The van der Waals surface area contributed by atoms with Gasteiger partial charge >= 0.3 is 0 Å². The summed E-state index contributed by atoms with van der Waals surface area (Å²) in [5, 5.41) is 15.4. The van der Waals surface area contributed by atoms with E-state index < -0.39 is 11.0 Å². The summed E-state index contributed by atoms with van der Waals surface area (Å²) in [6, 6.07) is 19.2. The van der Waals surface area contributed by atoms with Crippen LogP contribution >= 0.6 is 0 Å². The minimum Gasteiger partial charge on any atom is -0.480 e. The number of carbonyl (C=O) groups is 1. The molecule has 0 bridgehead atoms. The molecule has 0 aliphatic carbocycles. The van der Waals surface area contributed by atoms with Gasteiger partial charge in [-0.15, -0.1) is 0 Å². The smallest absolute Gasteiger partial charge is 0.271 e. The minimum absolute atomic E-state index is 0.0829. The first-order valence-electron chi connectivity index (χ1n) is 7.74. The van der Waals surface area contributed by atoms with Crippen LogP contribution < -0.4 is 10.1 Å². The summed E-state index contributed by atoms with van der Waals surface area (Å²) in [5.41, 5.74) is 0.271. The quantitative estimate of drug-likeness (QED) is 0.560. The van der Waals surface area contributed by atoms with E-state index in [2.05, 4.69) is 5.32 Å². The molecule has 1 amide bonds. The van der Waals surface area contributed by atoms with E-state index in [1.807, 2.05) is 36.4 Å². The molecule has 0 unspecified atom stereocenters. The van der Waals surface area contributed by atoms with Crippen LogP contribution in [-0.2, 0) is 4.79 Å². The maximum Gasteiger partial charge on any atom is 0.271 e. The highest BCUT2D eigenvalue weighted by molar-refractivity contribution is 5.95. The lowest BCUT2D eigenvalue weighted by atomic mass is 10.1. The Balaban J connectivity index is 1.74. The zero-order chi connectivity index (χ0) is 17.8. The summed E-state index contributed by atoms with van der Waals surface area (Å²) in [6.45, 7) is 1.63. The highest BCUT2D eigenvalue weighted by Gasteiger charge is 2.17. The number of hydrogen-bond acceptors (Lipinski definition) is 4. The lowest BCUT2D eigenvalue weighted by Gasteiger charge is -2.16. The van der Waals surface area contributed by atoms with Crippen molar-refractivity contribution >= 4 is 28.1 Å². The molecule has 25 heavy (non-hydrogen) atoms. The fourth-order valence-electron chi connectivity index (χ4n) is 2.48. The average Bonchev–Trinajstić information content (AvgIpc) is 2.62. The maximum absolute atomic E-state index is 12.3. The van der Waals surface area contributed by atoms with Crippen LogP contribution in [-0.4, -0.2) is 16.9 Å². The van der Waals surface area contributed by atoms with E-state index in [-0.39, 0.29) is 11.6 Å². The van der Waals surface area contributed by atoms with Gasteiger partial charge in [0.1, 0.15) is 5.75 Å². The molecule has 0 saturated heterocycles. The second-order valence-electron chi connectivity index (χ2n) is 5.53. The second-order valence-corrected chi connectivity index (χ2v) is 5.53. The summed E-state index contributed by atoms with van der Waals surface area (Å²) in [4.78, 5) is 22.6. The molecule has 1 N–H and O–H groups in total. The van der Waals surface area contributed by atoms with Crippen molar-refractivity contribution in [2.45, 2.75) is 13.0 Å². The number of rotatable bonds is 5. The fourth-order valence-corrected chi connectivity index (χ4v) is 2.48. The van der Waals surface area contributed by atoms with Crippen molar-refractivity contribution in [2.75, 3.05) is 5.32 Å². The molecule has 0 saturated carbocycles. The third-order valence-electron chi connectivity index (χ3n) is 3.75. The van der Waals surface area contributed by atoms with E-state index in [4.69, 9.17) is 4.74 Å². The third-order valence-corrected chi connectivity index (χ3v) is 3.75.